The van der Waals surface area contributed by atoms with E-state index in [0.717, 1.165) is 12.3 Å². The Morgan fingerprint density at radius 3 is 2.55 bits per heavy atom. The third kappa shape index (κ3) is 5.41. The van der Waals surface area contributed by atoms with Crippen molar-refractivity contribution >= 4 is 5.91 Å². The molecule has 156 valence electrons. The second-order valence-electron chi connectivity index (χ2n) is 7.09. The minimum atomic E-state index is 0.0192. The van der Waals surface area contributed by atoms with Crippen LogP contribution in [0.2, 0.25) is 0 Å². The Morgan fingerprint density at radius 1 is 1.03 bits per heavy atom. The lowest BCUT2D eigenvalue weighted by Crippen LogP contribution is -2.57. The van der Waals surface area contributed by atoms with E-state index in [9.17, 15) is 4.79 Å². The number of para-hydroxylation sites is 1. The summed E-state index contributed by atoms with van der Waals surface area (Å²) in [6.45, 7) is 8.89. The largest absolute Gasteiger partial charge is 0.490 e. The maximum absolute atomic E-state index is 13.0. The molecule has 0 spiro atoms. The molecule has 1 aliphatic rings. The van der Waals surface area contributed by atoms with Crippen LogP contribution in [0.5, 0.6) is 17.2 Å². The minimum Gasteiger partial charge on any atom is -0.490 e. The lowest BCUT2D eigenvalue weighted by atomic mass is 10.1. The molecular weight excluding hydrogens is 368 g/mol. The first-order chi connectivity index (χ1) is 14.1. The molecule has 0 aliphatic carbocycles. The lowest BCUT2D eigenvalue weighted by Gasteiger charge is -2.38. The molecule has 1 heterocycles. The van der Waals surface area contributed by atoms with Crippen LogP contribution in [0.15, 0.2) is 48.5 Å². The smallest absolute Gasteiger partial charge is 0.254 e. The van der Waals surface area contributed by atoms with Crippen LogP contribution < -0.4 is 19.5 Å². The Labute approximate surface area is 172 Å². The minimum absolute atomic E-state index is 0.0192. The maximum atomic E-state index is 13.0. The lowest BCUT2D eigenvalue weighted by molar-refractivity contribution is 0.0602. The van der Waals surface area contributed by atoms with Gasteiger partial charge in [-0.2, -0.15) is 0 Å². The first-order valence-electron chi connectivity index (χ1n) is 10.2. The van der Waals surface area contributed by atoms with Crippen molar-refractivity contribution < 1.29 is 19.0 Å². The molecule has 1 fully saturated rings. The number of rotatable bonds is 8. The molecule has 2 aromatic carbocycles. The molecular formula is C23H30N2O4. The molecule has 2 unspecified atom stereocenters. The molecule has 0 radical (unpaired) electrons. The highest BCUT2D eigenvalue weighted by atomic mass is 16.5. The highest BCUT2D eigenvalue weighted by Crippen LogP contribution is 2.29. The summed E-state index contributed by atoms with van der Waals surface area (Å²) < 4.78 is 17.2. The van der Waals surface area contributed by atoms with Gasteiger partial charge in [-0.15, -0.1) is 0 Å². The Morgan fingerprint density at radius 2 is 1.79 bits per heavy atom. The van der Waals surface area contributed by atoms with Gasteiger partial charge in [0.15, 0.2) is 11.5 Å². The quantitative estimate of drug-likeness (QED) is 0.691. The van der Waals surface area contributed by atoms with E-state index in [4.69, 9.17) is 14.2 Å². The first kappa shape index (κ1) is 21.0. The Bertz CT molecular complexity index is 797. The van der Waals surface area contributed by atoms with Gasteiger partial charge in [-0.3, -0.25) is 4.79 Å². The molecule has 0 bridgehead atoms. The van der Waals surface area contributed by atoms with Crippen molar-refractivity contribution in [2.75, 3.05) is 32.9 Å². The van der Waals surface area contributed by atoms with E-state index in [0.29, 0.717) is 43.4 Å². The van der Waals surface area contributed by atoms with Gasteiger partial charge in [0.2, 0.25) is 0 Å². The normalized spacial score (nSPS) is 18.9. The zero-order valence-electron chi connectivity index (χ0n) is 17.4. The molecule has 2 atom stereocenters. The third-order valence-electron chi connectivity index (χ3n) is 5.14. The van der Waals surface area contributed by atoms with Crippen LogP contribution in [0.25, 0.3) is 0 Å². The molecule has 0 saturated carbocycles. The number of benzene rings is 2. The van der Waals surface area contributed by atoms with Crippen LogP contribution in [-0.2, 0) is 0 Å². The standard InChI is InChI=1S/C23H30N2O4/c1-4-27-22-16-19(23(26)25-13-12-24-17(2)18(25)3)10-11-21(22)29-15-14-28-20-8-6-5-7-9-20/h5-11,16-18,24H,4,12-15H2,1-3H3. The number of piperazine rings is 1. The van der Waals surface area contributed by atoms with Gasteiger partial charge in [-0.25, -0.2) is 0 Å². The molecule has 1 saturated heterocycles. The van der Waals surface area contributed by atoms with Crippen molar-refractivity contribution in [2.45, 2.75) is 32.9 Å². The fraction of sp³-hybridized carbons (Fsp3) is 0.435. The van der Waals surface area contributed by atoms with Crippen LogP contribution in [0.3, 0.4) is 0 Å². The number of amides is 1. The molecule has 1 amide bonds. The number of nitrogens with zero attached hydrogens (tertiary/aromatic N) is 1. The van der Waals surface area contributed by atoms with Crippen molar-refractivity contribution in [3.05, 3.63) is 54.1 Å². The highest BCUT2D eigenvalue weighted by Gasteiger charge is 2.29. The summed E-state index contributed by atoms with van der Waals surface area (Å²) in [4.78, 5) is 14.9. The second kappa shape index (κ2) is 10.2. The van der Waals surface area contributed by atoms with E-state index in [1.165, 1.54) is 0 Å². The summed E-state index contributed by atoms with van der Waals surface area (Å²) in [5.41, 5.74) is 0.613. The summed E-state index contributed by atoms with van der Waals surface area (Å²) in [7, 11) is 0. The van der Waals surface area contributed by atoms with Gasteiger partial charge < -0.3 is 24.4 Å². The monoisotopic (exact) mass is 398 g/mol. The van der Waals surface area contributed by atoms with Crippen LogP contribution in [0, 0.1) is 0 Å². The van der Waals surface area contributed by atoms with E-state index in [1.807, 2.05) is 42.2 Å². The summed E-state index contributed by atoms with van der Waals surface area (Å²) in [5, 5.41) is 3.40. The Balaban J connectivity index is 1.64. The molecule has 3 rings (SSSR count). The van der Waals surface area contributed by atoms with E-state index in [1.54, 1.807) is 18.2 Å². The van der Waals surface area contributed by atoms with E-state index in [2.05, 4.69) is 19.2 Å². The zero-order chi connectivity index (χ0) is 20.6. The molecule has 29 heavy (non-hydrogen) atoms. The SMILES string of the molecule is CCOc1cc(C(=O)N2CCNC(C)C2C)ccc1OCCOc1ccccc1. The molecule has 1 aliphatic heterocycles. The maximum Gasteiger partial charge on any atom is 0.254 e. The van der Waals surface area contributed by atoms with Crippen LogP contribution in [-0.4, -0.2) is 55.8 Å². The Hall–Kier alpha value is -2.73. The van der Waals surface area contributed by atoms with Crippen molar-refractivity contribution in [3.8, 4) is 17.2 Å². The fourth-order valence-corrected chi connectivity index (χ4v) is 3.37. The van der Waals surface area contributed by atoms with E-state index in [-0.39, 0.29) is 18.0 Å². The number of ether oxygens (including phenoxy) is 3. The van der Waals surface area contributed by atoms with Crippen LogP contribution >= 0.6 is 0 Å². The van der Waals surface area contributed by atoms with E-state index >= 15 is 0 Å². The van der Waals surface area contributed by atoms with E-state index < -0.39 is 0 Å². The van der Waals surface area contributed by atoms with Gasteiger partial charge in [-0.05, 0) is 51.1 Å². The van der Waals surface area contributed by atoms with Crippen LogP contribution in [0.1, 0.15) is 31.1 Å². The Kier molecular flexibility index (Phi) is 7.36. The summed E-state index contributed by atoms with van der Waals surface area (Å²) in [5.74, 6) is 2.02. The van der Waals surface area contributed by atoms with Gasteiger partial charge in [0.1, 0.15) is 19.0 Å². The molecule has 6 heteroatoms. The van der Waals surface area contributed by atoms with Crippen LogP contribution in [0.4, 0.5) is 0 Å². The molecule has 6 nitrogen and oxygen atoms in total. The number of nitrogens with one attached hydrogen (secondary N) is 1. The number of hydrogen-bond acceptors (Lipinski definition) is 5. The number of carbonyl (C=O) groups excluding carboxylic acids is 1. The van der Waals surface area contributed by atoms with Crippen molar-refractivity contribution in [1.82, 2.24) is 10.2 Å². The van der Waals surface area contributed by atoms with Gasteiger partial charge in [0.05, 0.1) is 6.61 Å². The van der Waals surface area contributed by atoms with Crippen molar-refractivity contribution in [2.24, 2.45) is 0 Å². The predicted molar refractivity (Wildman–Crippen MR) is 113 cm³/mol. The van der Waals surface area contributed by atoms with Gasteiger partial charge in [0.25, 0.3) is 5.91 Å². The molecule has 1 N–H and O–H groups in total. The zero-order valence-corrected chi connectivity index (χ0v) is 17.4. The summed E-state index contributed by atoms with van der Waals surface area (Å²) in [6, 6.07) is 15.4. The third-order valence-corrected chi connectivity index (χ3v) is 5.14. The van der Waals surface area contributed by atoms with Gasteiger partial charge >= 0.3 is 0 Å². The molecule has 2 aromatic rings. The number of hydrogen-bond donors (Lipinski definition) is 1. The van der Waals surface area contributed by atoms with Gasteiger partial charge in [-0.1, -0.05) is 18.2 Å². The average molecular weight is 399 g/mol. The van der Waals surface area contributed by atoms with Crippen molar-refractivity contribution in [3.63, 3.8) is 0 Å². The first-order valence-corrected chi connectivity index (χ1v) is 10.2. The fourth-order valence-electron chi connectivity index (χ4n) is 3.37. The second-order valence-corrected chi connectivity index (χ2v) is 7.09. The summed E-state index contributed by atoms with van der Waals surface area (Å²) in [6.07, 6.45) is 0. The highest BCUT2D eigenvalue weighted by molar-refractivity contribution is 5.95. The number of carbonyl (C=O) groups is 1. The topological polar surface area (TPSA) is 60.0 Å². The predicted octanol–water partition coefficient (Wildman–Crippen LogP) is 3.37. The average Bonchev–Trinajstić information content (AvgIpc) is 2.74. The van der Waals surface area contributed by atoms with Gasteiger partial charge in [0, 0.05) is 30.7 Å². The summed E-state index contributed by atoms with van der Waals surface area (Å²) >= 11 is 0. The molecule has 0 aromatic heterocycles. The van der Waals surface area contributed by atoms with Crippen molar-refractivity contribution in [1.29, 1.82) is 0 Å².